The molecule has 0 saturated carbocycles. The Bertz CT molecular complexity index is 1000. The summed E-state index contributed by atoms with van der Waals surface area (Å²) < 4.78 is 15.8. The quantitative estimate of drug-likeness (QED) is 0.546. The predicted octanol–water partition coefficient (Wildman–Crippen LogP) is 3.56. The van der Waals surface area contributed by atoms with Crippen molar-refractivity contribution in [1.82, 2.24) is 20.2 Å². The molecule has 1 amide bonds. The van der Waals surface area contributed by atoms with E-state index in [1.807, 2.05) is 35.2 Å². The number of rotatable bonds is 8. The van der Waals surface area contributed by atoms with E-state index in [0.717, 1.165) is 42.6 Å². The second-order valence-corrected chi connectivity index (χ2v) is 8.13. The van der Waals surface area contributed by atoms with Crippen molar-refractivity contribution in [2.45, 2.75) is 44.4 Å². The standard InChI is InChI=1S/C23H28N4O4/c1-17-24-22(26-31-17)23(12-14-29-2)11-6-13-27(16-23)20(28)10-9-19-15-30-25-21(19)18-7-4-3-5-8-18/h3-5,7-8,15H,6,9-14,16H2,1-2H3. The Morgan fingerprint density at radius 1 is 1.26 bits per heavy atom. The number of aromatic nitrogens is 3. The Morgan fingerprint density at radius 3 is 2.84 bits per heavy atom. The smallest absolute Gasteiger partial charge is 0.223 e. The zero-order valence-corrected chi connectivity index (χ0v) is 18.0. The first-order valence-corrected chi connectivity index (χ1v) is 10.7. The number of carbonyl (C=O) groups excluding carboxylic acids is 1. The summed E-state index contributed by atoms with van der Waals surface area (Å²) in [6, 6.07) is 9.87. The molecule has 8 heteroatoms. The molecule has 1 fully saturated rings. The third kappa shape index (κ3) is 4.69. The molecule has 1 aliphatic rings. The molecule has 1 atom stereocenters. The van der Waals surface area contributed by atoms with Gasteiger partial charge in [0.15, 0.2) is 5.82 Å². The normalized spacial score (nSPS) is 19.0. The molecule has 1 aliphatic heterocycles. The number of hydrogen-bond donors (Lipinski definition) is 0. The van der Waals surface area contributed by atoms with Gasteiger partial charge >= 0.3 is 0 Å². The summed E-state index contributed by atoms with van der Waals surface area (Å²) in [6.07, 6.45) is 5.16. The van der Waals surface area contributed by atoms with E-state index in [1.165, 1.54) is 0 Å². The van der Waals surface area contributed by atoms with Crippen LogP contribution in [-0.2, 0) is 21.4 Å². The molecule has 1 unspecified atom stereocenters. The topological polar surface area (TPSA) is 94.5 Å². The van der Waals surface area contributed by atoms with Gasteiger partial charge in [-0.2, -0.15) is 4.98 Å². The van der Waals surface area contributed by atoms with E-state index in [9.17, 15) is 4.79 Å². The van der Waals surface area contributed by atoms with E-state index >= 15 is 0 Å². The van der Waals surface area contributed by atoms with Crippen molar-refractivity contribution >= 4 is 5.91 Å². The molecule has 0 bridgehead atoms. The van der Waals surface area contributed by atoms with Crippen LogP contribution in [0.5, 0.6) is 0 Å². The van der Waals surface area contributed by atoms with Crippen LogP contribution in [0.1, 0.15) is 43.0 Å². The van der Waals surface area contributed by atoms with Gasteiger partial charge in [-0.05, 0) is 25.7 Å². The lowest BCUT2D eigenvalue weighted by Crippen LogP contribution is -2.49. The van der Waals surface area contributed by atoms with Gasteiger partial charge in [-0.1, -0.05) is 40.6 Å². The zero-order valence-electron chi connectivity index (χ0n) is 18.0. The number of piperidine rings is 1. The van der Waals surface area contributed by atoms with Crippen molar-refractivity contribution in [2.75, 3.05) is 26.8 Å². The lowest BCUT2D eigenvalue weighted by Gasteiger charge is -2.41. The average molecular weight is 425 g/mol. The molecule has 0 N–H and O–H groups in total. The summed E-state index contributed by atoms with van der Waals surface area (Å²) in [6.45, 7) is 3.68. The first kappa shape index (κ1) is 21.2. The number of carbonyl (C=O) groups is 1. The highest BCUT2D eigenvalue weighted by Crippen LogP contribution is 2.36. The van der Waals surface area contributed by atoms with Crippen molar-refractivity contribution < 1.29 is 18.6 Å². The predicted molar refractivity (Wildman–Crippen MR) is 113 cm³/mol. The van der Waals surface area contributed by atoms with E-state index in [2.05, 4.69) is 15.3 Å². The molecule has 164 valence electrons. The summed E-state index contributed by atoms with van der Waals surface area (Å²) in [5, 5.41) is 8.32. The molecular weight excluding hydrogens is 396 g/mol. The SMILES string of the molecule is COCCC1(c2noc(C)n2)CCCN(C(=O)CCc2conc2-c2ccccc2)C1. The third-order valence-corrected chi connectivity index (χ3v) is 6.01. The number of nitrogens with zero attached hydrogens (tertiary/aromatic N) is 4. The summed E-state index contributed by atoms with van der Waals surface area (Å²) in [7, 11) is 1.68. The molecule has 3 heterocycles. The first-order valence-electron chi connectivity index (χ1n) is 10.7. The fourth-order valence-corrected chi connectivity index (χ4v) is 4.32. The van der Waals surface area contributed by atoms with Gasteiger partial charge in [-0.3, -0.25) is 4.79 Å². The van der Waals surface area contributed by atoms with E-state index in [4.69, 9.17) is 13.8 Å². The van der Waals surface area contributed by atoms with Crippen LogP contribution >= 0.6 is 0 Å². The number of likely N-dealkylation sites (tertiary alicyclic amines) is 1. The molecule has 0 radical (unpaired) electrons. The van der Waals surface area contributed by atoms with Crippen LogP contribution in [0.25, 0.3) is 11.3 Å². The number of ether oxygens (including phenoxy) is 1. The Balaban J connectivity index is 1.45. The largest absolute Gasteiger partial charge is 0.385 e. The molecule has 0 spiro atoms. The molecular formula is C23H28N4O4. The minimum Gasteiger partial charge on any atom is -0.385 e. The fraction of sp³-hybridized carbons (Fsp3) is 0.478. The van der Waals surface area contributed by atoms with Crippen LogP contribution < -0.4 is 0 Å². The van der Waals surface area contributed by atoms with Crippen LogP contribution in [-0.4, -0.2) is 52.9 Å². The van der Waals surface area contributed by atoms with Crippen molar-refractivity contribution in [2.24, 2.45) is 0 Å². The van der Waals surface area contributed by atoms with E-state index in [0.29, 0.717) is 37.7 Å². The monoisotopic (exact) mass is 424 g/mol. The Labute approximate surface area is 181 Å². The van der Waals surface area contributed by atoms with E-state index in [1.54, 1.807) is 20.3 Å². The van der Waals surface area contributed by atoms with Gasteiger partial charge in [-0.15, -0.1) is 0 Å². The van der Waals surface area contributed by atoms with Gasteiger partial charge in [0.1, 0.15) is 12.0 Å². The van der Waals surface area contributed by atoms with Gasteiger partial charge in [0.25, 0.3) is 0 Å². The third-order valence-electron chi connectivity index (χ3n) is 6.01. The highest BCUT2D eigenvalue weighted by atomic mass is 16.5. The van der Waals surface area contributed by atoms with Crippen molar-refractivity contribution in [3.05, 3.63) is 53.9 Å². The van der Waals surface area contributed by atoms with Crippen molar-refractivity contribution in [1.29, 1.82) is 0 Å². The maximum Gasteiger partial charge on any atom is 0.223 e. The number of methoxy groups -OCH3 is 1. The number of benzene rings is 1. The molecule has 1 aromatic carbocycles. The van der Waals surface area contributed by atoms with Crippen LogP contribution in [0, 0.1) is 6.92 Å². The van der Waals surface area contributed by atoms with Gasteiger partial charge in [0, 0.05) is 51.3 Å². The minimum absolute atomic E-state index is 0.113. The van der Waals surface area contributed by atoms with Crippen LogP contribution in [0.4, 0.5) is 0 Å². The molecule has 8 nitrogen and oxygen atoms in total. The highest BCUT2D eigenvalue weighted by molar-refractivity contribution is 5.77. The number of amides is 1. The summed E-state index contributed by atoms with van der Waals surface area (Å²) in [4.78, 5) is 19.5. The zero-order chi connectivity index (χ0) is 21.7. The van der Waals surface area contributed by atoms with Crippen molar-refractivity contribution in [3.8, 4) is 11.3 Å². The van der Waals surface area contributed by atoms with Crippen LogP contribution in [0.3, 0.4) is 0 Å². The second kappa shape index (κ2) is 9.43. The Morgan fingerprint density at radius 2 is 2.10 bits per heavy atom. The summed E-state index contributed by atoms with van der Waals surface area (Å²) in [5.74, 6) is 1.32. The van der Waals surface area contributed by atoms with E-state index < -0.39 is 0 Å². The lowest BCUT2D eigenvalue weighted by atomic mass is 9.76. The number of aryl methyl sites for hydroxylation is 2. The van der Waals surface area contributed by atoms with Gasteiger partial charge in [-0.25, -0.2) is 0 Å². The summed E-state index contributed by atoms with van der Waals surface area (Å²) >= 11 is 0. The molecule has 4 rings (SSSR count). The van der Waals surface area contributed by atoms with Crippen LogP contribution in [0.15, 0.2) is 45.6 Å². The van der Waals surface area contributed by atoms with E-state index in [-0.39, 0.29) is 11.3 Å². The van der Waals surface area contributed by atoms with Gasteiger partial charge in [0.2, 0.25) is 11.8 Å². The Kier molecular flexibility index (Phi) is 6.46. The fourth-order valence-electron chi connectivity index (χ4n) is 4.32. The average Bonchev–Trinajstić information content (AvgIpc) is 3.46. The lowest BCUT2D eigenvalue weighted by molar-refractivity contribution is -0.133. The molecule has 1 saturated heterocycles. The molecule has 3 aromatic rings. The highest BCUT2D eigenvalue weighted by Gasteiger charge is 2.42. The maximum absolute atomic E-state index is 13.1. The van der Waals surface area contributed by atoms with Gasteiger partial charge in [0.05, 0.1) is 5.41 Å². The number of hydrogen-bond acceptors (Lipinski definition) is 7. The first-order chi connectivity index (χ1) is 15.1. The Hall–Kier alpha value is -3.00. The maximum atomic E-state index is 13.1. The summed E-state index contributed by atoms with van der Waals surface area (Å²) in [5.41, 5.74) is 2.39. The van der Waals surface area contributed by atoms with Crippen molar-refractivity contribution in [3.63, 3.8) is 0 Å². The molecule has 0 aliphatic carbocycles. The minimum atomic E-state index is -0.339. The molecule has 31 heavy (non-hydrogen) atoms. The molecule has 2 aromatic heterocycles. The van der Waals surface area contributed by atoms with Gasteiger partial charge < -0.3 is 18.7 Å². The van der Waals surface area contributed by atoms with Crippen LogP contribution in [0.2, 0.25) is 0 Å². The second-order valence-electron chi connectivity index (χ2n) is 8.13.